The molecule has 5 nitrogen and oxygen atoms in total. The van der Waals surface area contributed by atoms with Crippen molar-refractivity contribution in [2.75, 3.05) is 13.2 Å². The molecule has 3 rings (SSSR count). The van der Waals surface area contributed by atoms with E-state index < -0.39 is 12.0 Å². The van der Waals surface area contributed by atoms with Crippen molar-refractivity contribution in [3.63, 3.8) is 0 Å². The Morgan fingerprint density at radius 3 is 2.74 bits per heavy atom. The number of hydrogen-bond donors (Lipinski definition) is 1. The molecule has 0 amide bonds. The number of carboxylic acid groups (broad SMARTS) is 1. The Hall–Kier alpha value is -1.46. The third-order valence-electron chi connectivity index (χ3n) is 5.69. The lowest BCUT2D eigenvalue weighted by atomic mass is 9.84. The van der Waals surface area contributed by atoms with Crippen LogP contribution in [0.1, 0.15) is 57.9 Å². The highest BCUT2D eigenvalue weighted by atomic mass is 35.5. The summed E-state index contributed by atoms with van der Waals surface area (Å²) in [5.41, 5.74) is 0.977. The highest BCUT2D eigenvalue weighted by Gasteiger charge is 2.45. The van der Waals surface area contributed by atoms with Gasteiger partial charge in [0.1, 0.15) is 6.04 Å². The minimum absolute atomic E-state index is 0.352. The maximum atomic E-state index is 11.8. The number of halogens is 1. The van der Waals surface area contributed by atoms with E-state index in [9.17, 15) is 9.90 Å². The van der Waals surface area contributed by atoms with Gasteiger partial charge in [0.05, 0.1) is 18.2 Å². The number of benzene rings is 1. The average molecular weight is 396 g/mol. The van der Waals surface area contributed by atoms with E-state index in [2.05, 4.69) is 4.90 Å². The van der Waals surface area contributed by atoms with Crippen LogP contribution in [-0.2, 0) is 11.3 Å². The molecule has 1 aromatic carbocycles. The summed E-state index contributed by atoms with van der Waals surface area (Å²) in [6.45, 7) is 5.65. The maximum Gasteiger partial charge on any atom is 0.320 e. The van der Waals surface area contributed by atoms with Crippen molar-refractivity contribution in [3.8, 4) is 11.5 Å². The van der Waals surface area contributed by atoms with Gasteiger partial charge in [0.15, 0.2) is 11.5 Å². The first-order valence-electron chi connectivity index (χ1n) is 10.1. The van der Waals surface area contributed by atoms with E-state index in [1.165, 1.54) is 12.8 Å². The molecular weight excluding hydrogens is 366 g/mol. The second kappa shape index (κ2) is 9.16. The Labute approximate surface area is 166 Å². The molecule has 0 radical (unpaired) electrons. The summed E-state index contributed by atoms with van der Waals surface area (Å²) in [4.78, 5) is 14.0. The van der Waals surface area contributed by atoms with E-state index in [4.69, 9.17) is 21.1 Å². The molecule has 1 aliphatic carbocycles. The lowest BCUT2D eigenvalue weighted by Crippen LogP contribution is -2.41. The van der Waals surface area contributed by atoms with Gasteiger partial charge in [-0.2, -0.15) is 0 Å². The number of carbonyl (C=O) groups is 1. The molecule has 0 spiro atoms. The van der Waals surface area contributed by atoms with Crippen LogP contribution in [0.5, 0.6) is 11.5 Å². The van der Waals surface area contributed by atoms with Crippen molar-refractivity contribution >= 4 is 17.6 Å². The average Bonchev–Trinajstić information content (AvgIpc) is 3.00. The van der Waals surface area contributed by atoms with Crippen LogP contribution in [0.3, 0.4) is 0 Å². The van der Waals surface area contributed by atoms with E-state index in [0.29, 0.717) is 48.2 Å². The molecular formula is C21H30ClNO4. The Bertz CT molecular complexity index is 666. The monoisotopic (exact) mass is 395 g/mol. The molecule has 1 saturated heterocycles. The number of carboxylic acids is 1. The molecule has 1 aromatic rings. The minimum Gasteiger partial charge on any atom is -0.490 e. The van der Waals surface area contributed by atoms with Crippen molar-refractivity contribution in [1.29, 1.82) is 0 Å². The predicted octanol–water partition coefficient (Wildman–Crippen LogP) is 4.75. The van der Waals surface area contributed by atoms with Gasteiger partial charge in [-0.3, -0.25) is 9.69 Å². The fourth-order valence-corrected chi connectivity index (χ4v) is 4.84. The maximum absolute atomic E-state index is 11.8. The van der Waals surface area contributed by atoms with E-state index in [1.807, 2.05) is 26.0 Å². The second-order valence-corrected chi connectivity index (χ2v) is 7.97. The lowest BCUT2D eigenvalue weighted by Gasteiger charge is -2.33. The second-order valence-electron chi connectivity index (χ2n) is 7.56. The van der Waals surface area contributed by atoms with Gasteiger partial charge >= 0.3 is 5.97 Å². The third-order valence-corrected chi connectivity index (χ3v) is 5.97. The Morgan fingerprint density at radius 1 is 1.26 bits per heavy atom. The van der Waals surface area contributed by atoms with E-state index >= 15 is 0 Å². The molecule has 1 saturated carbocycles. The largest absolute Gasteiger partial charge is 0.490 e. The van der Waals surface area contributed by atoms with Gasteiger partial charge in [-0.25, -0.2) is 0 Å². The van der Waals surface area contributed by atoms with E-state index in [0.717, 1.165) is 31.2 Å². The number of nitrogens with zero attached hydrogens (tertiary/aromatic N) is 1. The van der Waals surface area contributed by atoms with Crippen molar-refractivity contribution in [2.24, 2.45) is 5.92 Å². The summed E-state index contributed by atoms with van der Waals surface area (Å²) in [5.74, 6) is 0.993. The summed E-state index contributed by atoms with van der Waals surface area (Å²) in [6, 6.07) is 3.79. The highest BCUT2D eigenvalue weighted by Crippen LogP contribution is 2.42. The molecule has 1 aliphatic heterocycles. The molecule has 3 unspecified atom stereocenters. The Kier molecular flexibility index (Phi) is 6.88. The summed E-state index contributed by atoms with van der Waals surface area (Å²) < 4.78 is 11.5. The van der Waals surface area contributed by atoms with Gasteiger partial charge in [0, 0.05) is 12.6 Å². The molecule has 1 heterocycles. The van der Waals surface area contributed by atoms with Crippen LogP contribution >= 0.6 is 11.6 Å². The van der Waals surface area contributed by atoms with E-state index in [-0.39, 0.29) is 0 Å². The van der Waals surface area contributed by atoms with Gasteiger partial charge in [0.25, 0.3) is 0 Å². The van der Waals surface area contributed by atoms with Crippen LogP contribution in [0.15, 0.2) is 12.1 Å². The normalized spacial score (nSPS) is 25.2. The number of ether oxygens (including phenoxy) is 2. The van der Waals surface area contributed by atoms with Crippen molar-refractivity contribution in [3.05, 3.63) is 22.7 Å². The summed E-state index contributed by atoms with van der Waals surface area (Å²) >= 11 is 6.49. The van der Waals surface area contributed by atoms with Crippen LogP contribution in [0, 0.1) is 5.92 Å². The molecule has 2 fully saturated rings. The first kappa shape index (κ1) is 20.3. The van der Waals surface area contributed by atoms with Gasteiger partial charge in [-0.05, 0) is 56.2 Å². The summed E-state index contributed by atoms with van der Waals surface area (Å²) in [5, 5.41) is 10.3. The molecule has 1 N–H and O–H groups in total. The summed E-state index contributed by atoms with van der Waals surface area (Å²) in [6.07, 6.45) is 6.26. The van der Waals surface area contributed by atoms with Crippen molar-refractivity contribution < 1.29 is 19.4 Å². The molecule has 27 heavy (non-hydrogen) atoms. The third kappa shape index (κ3) is 4.52. The number of fused-ring (bicyclic) bond motifs is 1. The topological polar surface area (TPSA) is 59.0 Å². The van der Waals surface area contributed by atoms with Crippen molar-refractivity contribution in [1.82, 2.24) is 4.90 Å². The van der Waals surface area contributed by atoms with Crippen LogP contribution in [0.2, 0.25) is 5.02 Å². The lowest BCUT2D eigenvalue weighted by molar-refractivity contribution is -0.142. The fourth-order valence-electron chi connectivity index (χ4n) is 4.55. The Balaban J connectivity index is 1.85. The SMILES string of the molecule is CCCOc1c(Cl)cc(CN2C(C(=O)O)CC3CCCCC32)cc1OCC. The van der Waals surface area contributed by atoms with Gasteiger partial charge in [0.2, 0.25) is 0 Å². The molecule has 2 aliphatic rings. The van der Waals surface area contributed by atoms with Gasteiger partial charge in [-0.15, -0.1) is 0 Å². The molecule has 0 bridgehead atoms. The molecule has 3 atom stereocenters. The van der Waals surface area contributed by atoms with Crippen molar-refractivity contribution in [2.45, 2.75) is 71.0 Å². The van der Waals surface area contributed by atoms with Gasteiger partial charge in [-0.1, -0.05) is 31.4 Å². The predicted molar refractivity (Wildman–Crippen MR) is 106 cm³/mol. The Morgan fingerprint density at radius 2 is 2.04 bits per heavy atom. The zero-order valence-corrected chi connectivity index (χ0v) is 17.0. The van der Waals surface area contributed by atoms with Gasteiger partial charge < -0.3 is 14.6 Å². The van der Waals surface area contributed by atoms with Crippen LogP contribution < -0.4 is 9.47 Å². The first-order valence-corrected chi connectivity index (χ1v) is 10.5. The summed E-state index contributed by atoms with van der Waals surface area (Å²) in [7, 11) is 0. The van der Waals surface area contributed by atoms with E-state index in [1.54, 1.807) is 0 Å². The molecule has 6 heteroatoms. The highest BCUT2D eigenvalue weighted by molar-refractivity contribution is 6.32. The van der Waals surface area contributed by atoms with Crippen LogP contribution in [0.4, 0.5) is 0 Å². The number of hydrogen-bond acceptors (Lipinski definition) is 4. The minimum atomic E-state index is -0.719. The van der Waals surface area contributed by atoms with Crippen LogP contribution in [0.25, 0.3) is 0 Å². The standard InChI is InChI=1S/C21H30ClNO4/c1-3-9-27-20-16(22)10-14(11-19(20)26-4-2)13-23-17-8-6-5-7-15(17)12-18(23)21(24)25/h10-11,15,17-18H,3-9,12-13H2,1-2H3,(H,24,25). The zero-order chi connectivity index (χ0) is 19.4. The smallest absolute Gasteiger partial charge is 0.320 e. The zero-order valence-electron chi connectivity index (χ0n) is 16.2. The van der Waals surface area contributed by atoms with Crippen LogP contribution in [-0.4, -0.2) is 41.3 Å². The fraction of sp³-hybridized carbons (Fsp3) is 0.667. The quantitative estimate of drug-likeness (QED) is 0.688. The number of aliphatic carboxylic acids is 1. The molecule has 150 valence electrons. The number of likely N-dealkylation sites (tertiary alicyclic amines) is 1. The molecule has 0 aromatic heterocycles. The number of rotatable bonds is 8. The first-order chi connectivity index (χ1) is 13.0.